The molecule has 1 heterocycles. The van der Waals surface area contributed by atoms with E-state index < -0.39 is 0 Å². The summed E-state index contributed by atoms with van der Waals surface area (Å²) in [7, 11) is 0. The van der Waals surface area contributed by atoms with E-state index in [0.29, 0.717) is 0 Å². The van der Waals surface area contributed by atoms with Crippen LogP contribution < -0.4 is 10.2 Å². The Morgan fingerprint density at radius 2 is 2.00 bits per heavy atom. The number of anilines is 1. The fraction of sp³-hybridized carbons (Fsp3) is 0.400. The molecule has 0 unspecified atom stereocenters. The predicted molar refractivity (Wildman–Crippen MR) is 64.2 cm³/mol. The summed E-state index contributed by atoms with van der Waals surface area (Å²) in [6.07, 6.45) is 0. The molecule has 0 amide bonds. The highest BCUT2D eigenvalue weighted by Crippen LogP contribution is 2.24. The molecule has 0 aliphatic carbocycles. The SMILES string of the molecule is Fc1cccc(N2CCNCC2)c1I. The van der Waals surface area contributed by atoms with E-state index in [1.165, 1.54) is 6.07 Å². The largest absolute Gasteiger partial charge is 0.368 e. The van der Waals surface area contributed by atoms with E-state index in [9.17, 15) is 4.39 Å². The Morgan fingerprint density at radius 3 is 2.71 bits per heavy atom. The van der Waals surface area contributed by atoms with Gasteiger partial charge >= 0.3 is 0 Å². The van der Waals surface area contributed by atoms with Gasteiger partial charge < -0.3 is 10.2 Å². The van der Waals surface area contributed by atoms with Crippen molar-refractivity contribution in [2.45, 2.75) is 0 Å². The summed E-state index contributed by atoms with van der Waals surface area (Å²) in [5, 5.41) is 3.28. The maximum absolute atomic E-state index is 13.3. The number of halogens is 2. The first-order chi connectivity index (χ1) is 6.79. The van der Waals surface area contributed by atoms with Gasteiger partial charge in [0.05, 0.1) is 9.26 Å². The Bertz CT molecular complexity index is 324. The van der Waals surface area contributed by atoms with Gasteiger partial charge in [-0.15, -0.1) is 0 Å². The number of hydrogen-bond acceptors (Lipinski definition) is 2. The van der Waals surface area contributed by atoms with Crippen molar-refractivity contribution >= 4 is 28.3 Å². The molecule has 2 rings (SSSR count). The van der Waals surface area contributed by atoms with E-state index in [0.717, 1.165) is 35.4 Å². The Labute approximate surface area is 96.6 Å². The molecule has 2 nitrogen and oxygen atoms in total. The van der Waals surface area contributed by atoms with Gasteiger partial charge in [0.25, 0.3) is 0 Å². The Balaban J connectivity index is 2.26. The van der Waals surface area contributed by atoms with Gasteiger partial charge in [0.1, 0.15) is 5.82 Å². The van der Waals surface area contributed by atoms with Crippen molar-refractivity contribution in [3.63, 3.8) is 0 Å². The summed E-state index contributed by atoms with van der Waals surface area (Å²) in [6.45, 7) is 3.87. The smallest absolute Gasteiger partial charge is 0.138 e. The lowest BCUT2D eigenvalue weighted by molar-refractivity contribution is 0.582. The molecule has 1 fully saturated rings. The topological polar surface area (TPSA) is 15.3 Å². The fourth-order valence-corrected chi connectivity index (χ4v) is 2.34. The van der Waals surface area contributed by atoms with Crippen LogP contribution in [0.4, 0.5) is 10.1 Å². The molecule has 0 radical (unpaired) electrons. The van der Waals surface area contributed by atoms with Crippen molar-refractivity contribution in [3.8, 4) is 0 Å². The van der Waals surface area contributed by atoms with Crippen LogP contribution in [0.25, 0.3) is 0 Å². The predicted octanol–water partition coefficient (Wildman–Crippen LogP) is 1.84. The molecule has 76 valence electrons. The summed E-state index contributed by atoms with van der Waals surface area (Å²) >= 11 is 2.07. The van der Waals surface area contributed by atoms with Gasteiger partial charge in [0, 0.05) is 26.2 Å². The van der Waals surface area contributed by atoms with Crippen LogP contribution in [0.3, 0.4) is 0 Å². The molecule has 0 atom stereocenters. The van der Waals surface area contributed by atoms with Crippen LogP contribution in [0, 0.1) is 9.39 Å². The molecule has 1 aromatic rings. The Kier molecular flexibility index (Phi) is 3.22. The van der Waals surface area contributed by atoms with Crippen LogP contribution in [0.5, 0.6) is 0 Å². The van der Waals surface area contributed by atoms with E-state index in [1.54, 1.807) is 6.07 Å². The molecule has 1 aliphatic heterocycles. The van der Waals surface area contributed by atoms with E-state index in [-0.39, 0.29) is 5.82 Å². The third kappa shape index (κ3) is 2.00. The number of piperazine rings is 1. The van der Waals surface area contributed by atoms with Crippen LogP contribution in [0.15, 0.2) is 18.2 Å². The summed E-state index contributed by atoms with van der Waals surface area (Å²) in [5.41, 5.74) is 1.02. The molecule has 1 saturated heterocycles. The van der Waals surface area contributed by atoms with Gasteiger partial charge in [0.2, 0.25) is 0 Å². The van der Waals surface area contributed by atoms with E-state index in [4.69, 9.17) is 0 Å². The first-order valence-corrected chi connectivity index (χ1v) is 5.76. The van der Waals surface area contributed by atoms with Crippen LogP contribution in [0.2, 0.25) is 0 Å². The van der Waals surface area contributed by atoms with Gasteiger partial charge in [-0.1, -0.05) is 6.07 Å². The van der Waals surface area contributed by atoms with Gasteiger partial charge in [0.15, 0.2) is 0 Å². The second-order valence-electron chi connectivity index (χ2n) is 3.31. The van der Waals surface area contributed by atoms with Crippen molar-refractivity contribution < 1.29 is 4.39 Å². The van der Waals surface area contributed by atoms with E-state index >= 15 is 0 Å². The minimum Gasteiger partial charge on any atom is -0.368 e. The summed E-state index contributed by atoms with van der Waals surface area (Å²) in [5.74, 6) is -0.123. The zero-order valence-electron chi connectivity index (χ0n) is 7.76. The Hall–Kier alpha value is -0.360. The Morgan fingerprint density at radius 1 is 1.29 bits per heavy atom. The maximum atomic E-state index is 13.3. The highest BCUT2D eigenvalue weighted by atomic mass is 127. The lowest BCUT2D eigenvalue weighted by atomic mass is 10.2. The number of benzene rings is 1. The van der Waals surface area contributed by atoms with Crippen LogP contribution in [-0.4, -0.2) is 26.2 Å². The minimum atomic E-state index is -0.123. The molecular formula is C10H12FIN2. The zero-order chi connectivity index (χ0) is 9.97. The summed E-state index contributed by atoms with van der Waals surface area (Å²) in [4.78, 5) is 2.22. The molecule has 1 aliphatic rings. The first kappa shape index (κ1) is 10.2. The number of rotatable bonds is 1. The van der Waals surface area contributed by atoms with Gasteiger partial charge in [-0.3, -0.25) is 0 Å². The van der Waals surface area contributed by atoms with E-state index in [1.807, 2.05) is 6.07 Å². The van der Waals surface area contributed by atoms with Crippen LogP contribution >= 0.6 is 22.6 Å². The third-order valence-electron chi connectivity index (χ3n) is 2.39. The molecule has 0 aromatic heterocycles. The first-order valence-electron chi connectivity index (χ1n) is 4.69. The molecule has 0 saturated carbocycles. The lowest BCUT2D eigenvalue weighted by Crippen LogP contribution is -2.43. The monoisotopic (exact) mass is 306 g/mol. The molecule has 0 bridgehead atoms. The average molecular weight is 306 g/mol. The summed E-state index contributed by atoms with van der Waals surface area (Å²) < 4.78 is 14.0. The van der Waals surface area contributed by atoms with E-state index in [2.05, 4.69) is 32.8 Å². The standard InChI is InChI=1S/C10H12FIN2/c11-8-2-1-3-9(10(8)12)14-6-4-13-5-7-14/h1-3,13H,4-7H2. The summed E-state index contributed by atoms with van der Waals surface area (Å²) in [6, 6.07) is 5.26. The normalized spacial score (nSPS) is 17.1. The van der Waals surface area contributed by atoms with Gasteiger partial charge in [-0.2, -0.15) is 0 Å². The van der Waals surface area contributed by atoms with Crippen LogP contribution in [0.1, 0.15) is 0 Å². The highest BCUT2D eigenvalue weighted by Gasteiger charge is 2.14. The van der Waals surface area contributed by atoms with Crippen LogP contribution in [-0.2, 0) is 0 Å². The molecule has 1 aromatic carbocycles. The molecule has 0 spiro atoms. The molecule has 1 N–H and O–H groups in total. The van der Waals surface area contributed by atoms with Crippen molar-refractivity contribution in [3.05, 3.63) is 27.6 Å². The average Bonchev–Trinajstić information content (AvgIpc) is 2.23. The van der Waals surface area contributed by atoms with Gasteiger partial charge in [-0.05, 0) is 34.7 Å². The van der Waals surface area contributed by atoms with Crippen molar-refractivity contribution in [1.82, 2.24) is 5.32 Å². The highest BCUT2D eigenvalue weighted by molar-refractivity contribution is 14.1. The van der Waals surface area contributed by atoms with Crippen molar-refractivity contribution in [2.75, 3.05) is 31.1 Å². The second-order valence-corrected chi connectivity index (χ2v) is 4.39. The second kappa shape index (κ2) is 4.44. The van der Waals surface area contributed by atoms with Gasteiger partial charge in [-0.25, -0.2) is 4.39 Å². The molecule has 4 heteroatoms. The molecular weight excluding hydrogens is 294 g/mol. The van der Waals surface area contributed by atoms with Crippen molar-refractivity contribution in [2.24, 2.45) is 0 Å². The number of nitrogens with zero attached hydrogens (tertiary/aromatic N) is 1. The quantitative estimate of drug-likeness (QED) is 0.797. The number of nitrogens with one attached hydrogen (secondary N) is 1. The zero-order valence-corrected chi connectivity index (χ0v) is 9.92. The fourth-order valence-electron chi connectivity index (χ4n) is 1.64. The molecule has 14 heavy (non-hydrogen) atoms. The lowest BCUT2D eigenvalue weighted by Gasteiger charge is -2.30. The third-order valence-corrected chi connectivity index (χ3v) is 3.46. The maximum Gasteiger partial charge on any atom is 0.138 e. The van der Waals surface area contributed by atoms with Crippen molar-refractivity contribution in [1.29, 1.82) is 0 Å². The number of hydrogen-bond donors (Lipinski definition) is 1. The minimum absolute atomic E-state index is 0.123.